The molecule has 1 heterocycles. The molecule has 0 atom stereocenters. The van der Waals surface area contributed by atoms with Crippen LogP contribution in [-0.4, -0.2) is 11.0 Å². The number of hydrogen-bond donors (Lipinski definition) is 1. The second kappa shape index (κ2) is 5.83. The van der Waals surface area contributed by atoms with Gasteiger partial charge < -0.3 is 5.32 Å². The molecule has 0 aliphatic carbocycles. The van der Waals surface area contributed by atoms with Crippen LogP contribution < -0.4 is 5.32 Å². The number of thiazole rings is 1. The molecule has 0 aliphatic heterocycles. The number of nitrogens with zero attached hydrogens (tertiary/aromatic N) is 1. The van der Waals surface area contributed by atoms with Crippen LogP contribution in [0.25, 0.3) is 10.6 Å². The van der Waals surface area contributed by atoms with E-state index < -0.39 is 0 Å². The highest BCUT2D eigenvalue weighted by Crippen LogP contribution is 2.32. The van der Waals surface area contributed by atoms with E-state index in [2.05, 4.69) is 24.1 Å². The van der Waals surface area contributed by atoms with Crippen molar-refractivity contribution in [3.8, 4) is 10.6 Å². The Morgan fingerprint density at radius 2 is 2.06 bits per heavy atom. The smallest absolute Gasteiger partial charge is 0.125 e. The SMILES string of the molecule is Cc1nc(-c2ccccc2Cl)sc1CNC(C)C. The minimum Gasteiger partial charge on any atom is -0.310 e. The number of aromatic nitrogens is 1. The predicted molar refractivity (Wildman–Crippen MR) is 79.3 cm³/mol. The third kappa shape index (κ3) is 3.10. The second-order valence-corrected chi connectivity index (χ2v) is 6.03. The molecule has 0 unspecified atom stereocenters. The fourth-order valence-corrected chi connectivity index (χ4v) is 2.97. The highest BCUT2D eigenvalue weighted by Gasteiger charge is 2.11. The molecular weight excluding hydrogens is 264 g/mol. The number of hydrogen-bond acceptors (Lipinski definition) is 3. The van der Waals surface area contributed by atoms with Crippen LogP contribution in [0.4, 0.5) is 0 Å². The van der Waals surface area contributed by atoms with E-state index in [4.69, 9.17) is 11.6 Å². The van der Waals surface area contributed by atoms with Crippen molar-refractivity contribution in [2.45, 2.75) is 33.4 Å². The van der Waals surface area contributed by atoms with Crippen molar-refractivity contribution in [2.24, 2.45) is 0 Å². The number of nitrogens with one attached hydrogen (secondary N) is 1. The van der Waals surface area contributed by atoms with Crippen LogP contribution in [0.5, 0.6) is 0 Å². The molecular formula is C14H17ClN2S. The Kier molecular flexibility index (Phi) is 4.38. The van der Waals surface area contributed by atoms with Crippen LogP contribution in [0, 0.1) is 6.92 Å². The maximum atomic E-state index is 6.20. The fourth-order valence-electron chi connectivity index (χ4n) is 1.64. The summed E-state index contributed by atoms with van der Waals surface area (Å²) >= 11 is 7.91. The normalized spacial score (nSPS) is 11.2. The zero-order chi connectivity index (χ0) is 13.1. The number of benzene rings is 1. The molecule has 18 heavy (non-hydrogen) atoms. The highest BCUT2D eigenvalue weighted by molar-refractivity contribution is 7.15. The molecule has 0 amide bonds. The standard InChI is InChI=1S/C14H17ClN2S/c1-9(2)16-8-13-10(3)17-14(18-13)11-6-4-5-7-12(11)15/h4-7,9,16H,8H2,1-3H3. The summed E-state index contributed by atoms with van der Waals surface area (Å²) in [5, 5.41) is 5.18. The van der Waals surface area contributed by atoms with Crippen molar-refractivity contribution in [3.63, 3.8) is 0 Å². The van der Waals surface area contributed by atoms with Gasteiger partial charge in [-0.15, -0.1) is 11.3 Å². The Morgan fingerprint density at radius 1 is 1.33 bits per heavy atom. The lowest BCUT2D eigenvalue weighted by Crippen LogP contribution is -2.21. The van der Waals surface area contributed by atoms with Crippen molar-refractivity contribution in [1.29, 1.82) is 0 Å². The van der Waals surface area contributed by atoms with Crippen LogP contribution in [0.15, 0.2) is 24.3 Å². The van der Waals surface area contributed by atoms with E-state index in [1.54, 1.807) is 11.3 Å². The fraction of sp³-hybridized carbons (Fsp3) is 0.357. The van der Waals surface area contributed by atoms with Gasteiger partial charge in [0.25, 0.3) is 0 Å². The molecule has 2 rings (SSSR count). The number of aryl methyl sites for hydroxylation is 1. The second-order valence-electron chi connectivity index (χ2n) is 4.54. The van der Waals surface area contributed by atoms with Gasteiger partial charge in [0.15, 0.2) is 0 Å². The van der Waals surface area contributed by atoms with Gasteiger partial charge in [0.05, 0.1) is 10.7 Å². The Labute approximate surface area is 117 Å². The summed E-state index contributed by atoms with van der Waals surface area (Å²) in [6, 6.07) is 8.33. The first-order valence-corrected chi connectivity index (χ1v) is 7.22. The lowest BCUT2D eigenvalue weighted by atomic mass is 10.2. The first kappa shape index (κ1) is 13.5. The Hall–Kier alpha value is -0.900. The largest absolute Gasteiger partial charge is 0.310 e. The van der Waals surface area contributed by atoms with Gasteiger partial charge in [-0.05, 0) is 13.0 Å². The van der Waals surface area contributed by atoms with E-state index in [9.17, 15) is 0 Å². The van der Waals surface area contributed by atoms with Gasteiger partial charge in [0, 0.05) is 23.0 Å². The maximum Gasteiger partial charge on any atom is 0.125 e. The van der Waals surface area contributed by atoms with Crippen molar-refractivity contribution < 1.29 is 0 Å². The molecule has 1 aromatic carbocycles. The zero-order valence-corrected chi connectivity index (χ0v) is 12.4. The molecule has 0 saturated heterocycles. The van der Waals surface area contributed by atoms with E-state index >= 15 is 0 Å². The molecule has 0 fully saturated rings. The molecule has 0 saturated carbocycles. The van der Waals surface area contributed by atoms with Crippen LogP contribution in [0.1, 0.15) is 24.4 Å². The third-order valence-electron chi connectivity index (χ3n) is 2.67. The molecule has 1 N–H and O–H groups in total. The third-order valence-corrected chi connectivity index (χ3v) is 4.19. The molecule has 4 heteroatoms. The summed E-state index contributed by atoms with van der Waals surface area (Å²) in [4.78, 5) is 5.89. The maximum absolute atomic E-state index is 6.20. The van der Waals surface area contributed by atoms with E-state index in [-0.39, 0.29) is 0 Å². The van der Waals surface area contributed by atoms with E-state index in [1.807, 2.05) is 31.2 Å². The molecule has 0 radical (unpaired) electrons. The van der Waals surface area contributed by atoms with Gasteiger partial charge in [-0.1, -0.05) is 43.6 Å². The topological polar surface area (TPSA) is 24.9 Å². The number of rotatable bonds is 4. The monoisotopic (exact) mass is 280 g/mol. The van der Waals surface area contributed by atoms with E-state index in [1.165, 1.54) is 4.88 Å². The first-order chi connectivity index (χ1) is 8.58. The Bertz CT molecular complexity index is 534. The van der Waals surface area contributed by atoms with Crippen LogP contribution in [0.2, 0.25) is 5.02 Å². The average molecular weight is 281 g/mol. The molecule has 2 aromatic rings. The summed E-state index contributed by atoms with van der Waals surface area (Å²) in [6.07, 6.45) is 0. The summed E-state index contributed by atoms with van der Waals surface area (Å²) in [6.45, 7) is 7.20. The molecule has 1 aromatic heterocycles. The summed E-state index contributed by atoms with van der Waals surface area (Å²) < 4.78 is 0. The van der Waals surface area contributed by atoms with Gasteiger partial charge in [0.1, 0.15) is 5.01 Å². The Balaban J connectivity index is 2.26. The average Bonchev–Trinajstić information content (AvgIpc) is 2.68. The highest BCUT2D eigenvalue weighted by atomic mass is 35.5. The minimum atomic E-state index is 0.482. The lowest BCUT2D eigenvalue weighted by molar-refractivity contribution is 0.591. The minimum absolute atomic E-state index is 0.482. The molecule has 0 bridgehead atoms. The van der Waals surface area contributed by atoms with Crippen LogP contribution in [0.3, 0.4) is 0 Å². The molecule has 96 valence electrons. The Morgan fingerprint density at radius 3 is 2.72 bits per heavy atom. The summed E-state index contributed by atoms with van der Waals surface area (Å²) in [5.74, 6) is 0. The molecule has 0 spiro atoms. The quantitative estimate of drug-likeness (QED) is 0.905. The van der Waals surface area contributed by atoms with Gasteiger partial charge in [-0.2, -0.15) is 0 Å². The van der Waals surface area contributed by atoms with Crippen molar-refractivity contribution in [2.75, 3.05) is 0 Å². The van der Waals surface area contributed by atoms with Gasteiger partial charge >= 0.3 is 0 Å². The van der Waals surface area contributed by atoms with Crippen LogP contribution in [-0.2, 0) is 6.54 Å². The van der Waals surface area contributed by atoms with Crippen LogP contribution >= 0.6 is 22.9 Å². The van der Waals surface area contributed by atoms with Crippen molar-refractivity contribution >= 4 is 22.9 Å². The molecule has 0 aliphatic rings. The lowest BCUT2D eigenvalue weighted by Gasteiger charge is -2.05. The zero-order valence-electron chi connectivity index (χ0n) is 10.8. The van der Waals surface area contributed by atoms with Crippen molar-refractivity contribution in [3.05, 3.63) is 39.9 Å². The summed E-state index contributed by atoms with van der Waals surface area (Å²) in [7, 11) is 0. The summed E-state index contributed by atoms with van der Waals surface area (Å²) in [5.41, 5.74) is 2.10. The van der Waals surface area contributed by atoms with E-state index in [0.29, 0.717) is 6.04 Å². The molecule has 2 nitrogen and oxygen atoms in total. The van der Waals surface area contributed by atoms with Gasteiger partial charge in [-0.3, -0.25) is 0 Å². The number of halogens is 1. The first-order valence-electron chi connectivity index (χ1n) is 6.02. The predicted octanol–water partition coefficient (Wildman–Crippen LogP) is 4.27. The van der Waals surface area contributed by atoms with E-state index in [0.717, 1.165) is 27.8 Å². The van der Waals surface area contributed by atoms with Gasteiger partial charge in [0.2, 0.25) is 0 Å². The van der Waals surface area contributed by atoms with Crippen molar-refractivity contribution in [1.82, 2.24) is 10.3 Å². The van der Waals surface area contributed by atoms with Gasteiger partial charge in [-0.25, -0.2) is 4.98 Å².